The maximum Gasteiger partial charge on any atom is 0.244 e. The standard InChI is InChI=1S/C15H20BrN3O2S/c1-11-10-18-7-4-8-19(11)22(20,21)14-6-3-5-13(9-17)15(14)12(2)16/h3,5-6,9,11,17-18H,2,4,7-8,10H2,1H3. The quantitative estimate of drug-likeness (QED) is 0.781. The van der Waals surface area contributed by atoms with Crippen molar-refractivity contribution in [2.45, 2.75) is 24.3 Å². The van der Waals surface area contributed by atoms with Crippen LogP contribution in [0.1, 0.15) is 24.5 Å². The highest BCUT2D eigenvalue weighted by molar-refractivity contribution is 9.15. The third-order valence-electron chi connectivity index (χ3n) is 3.74. The van der Waals surface area contributed by atoms with E-state index in [2.05, 4.69) is 27.8 Å². The number of rotatable bonds is 4. The van der Waals surface area contributed by atoms with E-state index in [4.69, 9.17) is 5.41 Å². The first-order chi connectivity index (χ1) is 10.4. The van der Waals surface area contributed by atoms with Crippen LogP contribution in [0.4, 0.5) is 0 Å². The molecule has 0 spiro atoms. The molecule has 2 rings (SSSR count). The van der Waals surface area contributed by atoms with Crippen LogP contribution < -0.4 is 5.32 Å². The van der Waals surface area contributed by atoms with Crippen molar-refractivity contribution in [2.75, 3.05) is 19.6 Å². The first kappa shape index (κ1) is 17.3. The molecule has 0 saturated carbocycles. The minimum Gasteiger partial charge on any atom is -0.315 e. The number of benzene rings is 1. The average Bonchev–Trinajstić information content (AvgIpc) is 2.71. The molecule has 22 heavy (non-hydrogen) atoms. The van der Waals surface area contributed by atoms with Crippen molar-refractivity contribution in [3.8, 4) is 0 Å². The number of nitrogens with zero attached hydrogens (tertiary/aromatic N) is 1. The summed E-state index contributed by atoms with van der Waals surface area (Å²) in [6.45, 7) is 7.64. The summed E-state index contributed by atoms with van der Waals surface area (Å²) in [7, 11) is -3.64. The van der Waals surface area contributed by atoms with Crippen LogP contribution in [0.3, 0.4) is 0 Å². The second kappa shape index (κ2) is 7.04. The van der Waals surface area contributed by atoms with Gasteiger partial charge in [0.25, 0.3) is 0 Å². The largest absolute Gasteiger partial charge is 0.315 e. The van der Waals surface area contributed by atoms with Crippen molar-refractivity contribution in [1.82, 2.24) is 9.62 Å². The molecule has 2 N–H and O–H groups in total. The number of hydrogen-bond acceptors (Lipinski definition) is 4. The lowest BCUT2D eigenvalue weighted by Crippen LogP contribution is -2.41. The second-order valence-corrected chi connectivity index (χ2v) is 8.11. The number of halogens is 1. The topological polar surface area (TPSA) is 73.3 Å². The number of hydrogen-bond donors (Lipinski definition) is 2. The molecule has 120 valence electrons. The molecule has 1 aliphatic rings. The van der Waals surface area contributed by atoms with Crippen LogP contribution in [0.2, 0.25) is 0 Å². The molecule has 1 unspecified atom stereocenters. The van der Waals surface area contributed by atoms with Gasteiger partial charge in [0.2, 0.25) is 10.0 Å². The smallest absolute Gasteiger partial charge is 0.244 e. The Hall–Kier alpha value is -1.02. The fraction of sp³-hybridized carbons (Fsp3) is 0.400. The third-order valence-corrected chi connectivity index (χ3v) is 6.19. The van der Waals surface area contributed by atoms with Gasteiger partial charge in [-0.3, -0.25) is 0 Å². The molecule has 0 bridgehead atoms. The maximum atomic E-state index is 13.1. The summed E-state index contributed by atoms with van der Waals surface area (Å²) in [5.41, 5.74) is 0.991. The molecule has 1 atom stereocenters. The SMILES string of the molecule is C=C(Br)c1c(C=N)cccc1S(=O)(=O)N1CCCNCC1C. The molecule has 0 amide bonds. The molecule has 1 heterocycles. The minimum absolute atomic E-state index is 0.118. The summed E-state index contributed by atoms with van der Waals surface area (Å²) < 4.78 is 28.2. The van der Waals surface area contributed by atoms with Gasteiger partial charge >= 0.3 is 0 Å². The Balaban J connectivity index is 2.58. The predicted octanol–water partition coefficient (Wildman–Crippen LogP) is 2.42. The fourth-order valence-electron chi connectivity index (χ4n) is 2.65. The van der Waals surface area contributed by atoms with Crippen LogP contribution in [0.5, 0.6) is 0 Å². The van der Waals surface area contributed by atoms with Crippen LogP contribution in [0, 0.1) is 5.41 Å². The molecule has 1 aromatic carbocycles. The third kappa shape index (κ3) is 3.32. The minimum atomic E-state index is -3.64. The first-order valence-corrected chi connectivity index (χ1v) is 9.33. The number of nitrogens with one attached hydrogen (secondary N) is 2. The highest BCUT2D eigenvalue weighted by atomic mass is 79.9. The van der Waals surface area contributed by atoms with E-state index in [1.165, 1.54) is 4.31 Å². The van der Waals surface area contributed by atoms with Crippen LogP contribution >= 0.6 is 15.9 Å². The van der Waals surface area contributed by atoms with Crippen molar-refractivity contribution >= 4 is 36.7 Å². The fourth-order valence-corrected chi connectivity index (χ4v) is 5.14. The molecule has 1 saturated heterocycles. The van der Waals surface area contributed by atoms with Crippen molar-refractivity contribution in [3.05, 3.63) is 35.9 Å². The van der Waals surface area contributed by atoms with E-state index in [0.29, 0.717) is 28.7 Å². The van der Waals surface area contributed by atoms with E-state index in [1.807, 2.05) is 6.92 Å². The van der Waals surface area contributed by atoms with E-state index >= 15 is 0 Å². The van der Waals surface area contributed by atoms with Gasteiger partial charge in [-0.25, -0.2) is 8.42 Å². The number of sulfonamides is 1. The van der Waals surface area contributed by atoms with Gasteiger partial charge in [0.05, 0.1) is 4.90 Å². The lowest BCUT2D eigenvalue weighted by Gasteiger charge is -2.27. The molecule has 1 aromatic rings. The van der Waals surface area contributed by atoms with Crippen molar-refractivity contribution in [1.29, 1.82) is 5.41 Å². The van der Waals surface area contributed by atoms with E-state index < -0.39 is 10.0 Å². The van der Waals surface area contributed by atoms with E-state index in [9.17, 15) is 8.42 Å². The Morgan fingerprint density at radius 1 is 1.55 bits per heavy atom. The summed E-state index contributed by atoms with van der Waals surface area (Å²) >= 11 is 3.28. The molecule has 7 heteroatoms. The lowest BCUT2D eigenvalue weighted by molar-refractivity contribution is 0.353. The van der Waals surface area contributed by atoms with Crippen LogP contribution in [0.15, 0.2) is 29.7 Å². The molecule has 5 nitrogen and oxygen atoms in total. The monoisotopic (exact) mass is 385 g/mol. The first-order valence-electron chi connectivity index (χ1n) is 7.10. The normalized spacial score (nSPS) is 20.4. The Morgan fingerprint density at radius 3 is 2.91 bits per heavy atom. The van der Waals surface area contributed by atoms with Gasteiger partial charge in [-0.1, -0.05) is 34.6 Å². The van der Waals surface area contributed by atoms with Gasteiger partial charge in [-0.05, 0) is 26.0 Å². The summed E-state index contributed by atoms with van der Waals surface area (Å²) in [6, 6.07) is 4.83. The van der Waals surface area contributed by atoms with Gasteiger partial charge in [0, 0.05) is 41.0 Å². The molecule has 1 fully saturated rings. The van der Waals surface area contributed by atoms with Gasteiger partial charge < -0.3 is 10.7 Å². The Kier molecular flexibility index (Phi) is 5.55. The molecular weight excluding hydrogens is 366 g/mol. The van der Waals surface area contributed by atoms with Crippen molar-refractivity contribution in [2.24, 2.45) is 0 Å². The highest BCUT2D eigenvalue weighted by Crippen LogP contribution is 2.32. The molecule has 0 radical (unpaired) electrons. The Morgan fingerprint density at radius 2 is 2.27 bits per heavy atom. The maximum absolute atomic E-state index is 13.1. The van der Waals surface area contributed by atoms with E-state index in [0.717, 1.165) is 19.2 Å². The lowest BCUT2D eigenvalue weighted by atomic mass is 10.1. The van der Waals surface area contributed by atoms with Crippen LogP contribution in [-0.4, -0.2) is 44.6 Å². The Bertz CT molecular complexity index is 688. The van der Waals surface area contributed by atoms with Gasteiger partial charge in [0.15, 0.2) is 0 Å². The second-order valence-electron chi connectivity index (χ2n) is 5.29. The zero-order valence-electron chi connectivity index (χ0n) is 12.5. The summed E-state index contributed by atoms with van der Waals surface area (Å²) in [6.07, 6.45) is 1.92. The molecule has 0 aromatic heterocycles. The van der Waals surface area contributed by atoms with Crippen LogP contribution in [-0.2, 0) is 10.0 Å². The average molecular weight is 386 g/mol. The van der Waals surface area contributed by atoms with Gasteiger partial charge in [0.1, 0.15) is 0 Å². The summed E-state index contributed by atoms with van der Waals surface area (Å²) in [4.78, 5) is 0.198. The molecule has 1 aliphatic heterocycles. The zero-order valence-corrected chi connectivity index (χ0v) is 14.9. The Labute approximate surface area is 140 Å². The van der Waals surface area contributed by atoms with E-state index in [1.54, 1.807) is 18.2 Å². The van der Waals surface area contributed by atoms with Crippen molar-refractivity contribution in [3.63, 3.8) is 0 Å². The van der Waals surface area contributed by atoms with Crippen LogP contribution in [0.25, 0.3) is 4.48 Å². The van der Waals surface area contributed by atoms with Gasteiger partial charge in [-0.2, -0.15) is 4.31 Å². The summed E-state index contributed by atoms with van der Waals surface area (Å²) in [5.74, 6) is 0. The highest BCUT2D eigenvalue weighted by Gasteiger charge is 2.32. The van der Waals surface area contributed by atoms with Crippen molar-refractivity contribution < 1.29 is 8.42 Å². The molecule has 0 aliphatic carbocycles. The van der Waals surface area contributed by atoms with Gasteiger partial charge in [-0.15, -0.1) is 0 Å². The van der Waals surface area contributed by atoms with E-state index in [-0.39, 0.29) is 10.9 Å². The molecular formula is C15H20BrN3O2S. The predicted molar refractivity (Wildman–Crippen MR) is 93.1 cm³/mol. The summed E-state index contributed by atoms with van der Waals surface area (Å²) in [5, 5.41) is 10.7. The zero-order chi connectivity index (χ0) is 16.3.